The highest BCUT2D eigenvalue weighted by Gasteiger charge is 2.01. The van der Waals surface area contributed by atoms with E-state index in [1.54, 1.807) is 0 Å². The molecule has 2 nitrogen and oxygen atoms in total. The van der Waals surface area contributed by atoms with E-state index in [2.05, 4.69) is 9.97 Å². The summed E-state index contributed by atoms with van der Waals surface area (Å²) >= 11 is 5.82. The van der Waals surface area contributed by atoms with E-state index in [4.69, 9.17) is 11.6 Å². The molecule has 0 spiro atoms. The predicted octanol–water partition coefficient (Wildman–Crippen LogP) is 2.06. The van der Waals surface area contributed by atoms with Crippen LogP contribution in [0.25, 0.3) is 0 Å². The molecule has 0 saturated heterocycles. The Hall–Kier alpha value is -0.630. The maximum Gasteiger partial charge on any atom is 0.125 e. The largest absolute Gasteiger partial charge is 0.237 e. The molecule has 0 unspecified atom stereocenters. The van der Waals surface area contributed by atoms with E-state index >= 15 is 0 Å². The number of halogens is 1. The third kappa shape index (κ3) is 1.27. The maximum atomic E-state index is 5.82. The molecule has 0 amide bonds. The van der Waals surface area contributed by atoms with Crippen LogP contribution in [0.3, 0.4) is 0 Å². The zero-order chi connectivity index (χ0) is 7.72. The zero-order valence-electron chi connectivity index (χ0n) is 6.27. The van der Waals surface area contributed by atoms with Crippen molar-refractivity contribution in [2.24, 2.45) is 0 Å². The minimum absolute atomic E-state index is 0.672. The summed E-state index contributed by atoms with van der Waals surface area (Å²) in [5.74, 6) is 0.777. The van der Waals surface area contributed by atoms with Gasteiger partial charge >= 0.3 is 0 Å². The van der Waals surface area contributed by atoms with Crippen molar-refractivity contribution in [1.82, 2.24) is 9.97 Å². The topological polar surface area (TPSA) is 25.8 Å². The summed E-state index contributed by atoms with van der Waals surface area (Å²) in [6, 6.07) is 0. The number of rotatable bonds is 0. The van der Waals surface area contributed by atoms with E-state index in [9.17, 15) is 0 Å². The fourth-order valence-corrected chi connectivity index (χ4v) is 0.955. The van der Waals surface area contributed by atoms with E-state index < -0.39 is 0 Å². The molecule has 0 bridgehead atoms. The molecular weight excluding hydrogens is 148 g/mol. The Kier molecular flexibility index (Phi) is 1.90. The van der Waals surface area contributed by atoms with Gasteiger partial charge in [0.15, 0.2) is 0 Å². The lowest BCUT2D eigenvalue weighted by molar-refractivity contribution is 0.976. The highest BCUT2D eigenvalue weighted by molar-refractivity contribution is 6.31. The van der Waals surface area contributed by atoms with Crippen LogP contribution >= 0.6 is 11.6 Å². The summed E-state index contributed by atoms with van der Waals surface area (Å²) in [6.07, 6.45) is 0. The first-order valence-electron chi connectivity index (χ1n) is 3.08. The Morgan fingerprint density at radius 3 is 1.80 bits per heavy atom. The molecule has 1 rings (SSSR count). The van der Waals surface area contributed by atoms with E-state index in [1.807, 2.05) is 20.8 Å². The minimum Gasteiger partial charge on any atom is -0.237 e. The van der Waals surface area contributed by atoms with Crippen molar-refractivity contribution in [2.75, 3.05) is 0 Å². The second kappa shape index (κ2) is 2.54. The van der Waals surface area contributed by atoms with Gasteiger partial charge < -0.3 is 0 Å². The van der Waals surface area contributed by atoms with Crippen molar-refractivity contribution >= 4 is 11.6 Å². The van der Waals surface area contributed by atoms with Crippen LogP contribution in [0.15, 0.2) is 0 Å². The third-order valence-electron chi connectivity index (χ3n) is 1.29. The van der Waals surface area contributed by atoms with Crippen molar-refractivity contribution in [3.8, 4) is 0 Å². The van der Waals surface area contributed by atoms with Crippen molar-refractivity contribution in [1.29, 1.82) is 0 Å². The molecule has 0 aliphatic rings. The van der Waals surface area contributed by atoms with E-state index in [0.29, 0.717) is 5.02 Å². The monoisotopic (exact) mass is 156 g/mol. The quantitative estimate of drug-likeness (QED) is 0.575. The Bertz CT molecular complexity index is 235. The van der Waals surface area contributed by atoms with Gasteiger partial charge in [-0.15, -0.1) is 0 Å². The van der Waals surface area contributed by atoms with Gasteiger partial charge in [0.1, 0.15) is 5.82 Å². The first-order chi connectivity index (χ1) is 4.61. The van der Waals surface area contributed by atoms with Crippen molar-refractivity contribution in [2.45, 2.75) is 20.8 Å². The number of aryl methyl sites for hydroxylation is 3. The lowest BCUT2D eigenvalue weighted by Crippen LogP contribution is -1.94. The molecule has 0 fully saturated rings. The molecule has 10 heavy (non-hydrogen) atoms. The predicted molar refractivity (Wildman–Crippen MR) is 41.3 cm³/mol. The van der Waals surface area contributed by atoms with Gasteiger partial charge in [-0.05, 0) is 20.8 Å². The average molecular weight is 157 g/mol. The fraction of sp³-hybridized carbons (Fsp3) is 0.429. The van der Waals surface area contributed by atoms with E-state index in [0.717, 1.165) is 17.2 Å². The smallest absolute Gasteiger partial charge is 0.125 e. The van der Waals surface area contributed by atoms with Crippen LogP contribution in [0.2, 0.25) is 5.02 Å². The van der Waals surface area contributed by atoms with Crippen LogP contribution in [0, 0.1) is 20.8 Å². The van der Waals surface area contributed by atoms with Crippen molar-refractivity contribution in [3.63, 3.8) is 0 Å². The molecule has 1 heterocycles. The number of aromatic nitrogens is 2. The summed E-state index contributed by atoms with van der Waals surface area (Å²) < 4.78 is 0. The molecule has 54 valence electrons. The van der Waals surface area contributed by atoms with E-state index in [1.165, 1.54) is 0 Å². The summed E-state index contributed by atoms with van der Waals surface area (Å²) in [5, 5.41) is 0.672. The van der Waals surface area contributed by atoms with Crippen LogP contribution in [0.1, 0.15) is 17.2 Å². The van der Waals surface area contributed by atoms with Gasteiger partial charge in [0.2, 0.25) is 0 Å². The first kappa shape index (κ1) is 7.48. The normalized spacial score (nSPS) is 10.0. The molecule has 0 radical (unpaired) electrons. The fourth-order valence-electron chi connectivity index (χ4n) is 0.870. The molecular formula is C7H9ClN2. The van der Waals surface area contributed by atoms with Crippen LogP contribution in [-0.2, 0) is 0 Å². The zero-order valence-corrected chi connectivity index (χ0v) is 7.03. The van der Waals surface area contributed by atoms with Gasteiger partial charge in [-0.3, -0.25) is 0 Å². The number of hydrogen-bond acceptors (Lipinski definition) is 2. The highest BCUT2D eigenvalue weighted by atomic mass is 35.5. The Balaban J connectivity index is 3.31. The standard InChI is InChI=1S/C7H9ClN2/c1-4-7(8)5(2)10-6(3)9-4/h1-3H3. The van der Waals surface area contributed by atoms with Crippen LogP contribution in [0.5, 0.6) is 0 Å². The molecule has 1 aromatic rings. The van der Waals surface area contributed by atoms with Gasteiger partial charge in [-0.2, -0.15) is 0 Å². The Morgan fingerprint density at radius 1 is 1.00 bits per heavy atom. The van der Waals surface area contributed by atoms with Gasteiger partial charge in [0.25, 0.3) is 0 Å². The van der Waals surface area contributed by atoms with Gasteiger partial charge in [0, 0.05) is 0 Å². The maximum absolute atomic E-state index is 5.82. The third-order valence-corrected chi connectivity index (χ3v) is 1.84. The molecule has 1 aromatic heterocycles. The lowest BCUT2D eigenvalue weighted by atomic mass is 10.3. The molecule has 3 heteroatoms. The lowest BCUT2D eigenvalue weighted by Gasteiger charge is -2.00. The van der Waals surface area contributed by atoms with E-state index in [-0.39, 0.29) is 0 Å². The van der Waals surface area contributed by atoms with Crippen molar-refractivity contribution < 1.29 is 0 Å². The molecule has 0 N–H and O–H groups in total. The Labute approximate surface area is 65.3 Å². The summed E-state index contributed by atoms with van der Waals surface area (Å²) in [4.78, 5) is 8.18. The van der Waals surface area contributed by atoms with Crippen LogP contribution in [-0.4, -0.2) is 9.97 Å². The Morgan fingerprint density at radius 2 is 1.40 bits per heavy atom. The molecule has 0 aliphatic heterocycles. The van der Waals surface area contributed by atoms with Crippen LogP contribution < -0.4 is 0 Å². The molecule has 0 aromatic carbocycles. The first-order valence-corrected chi connectivity index (χ1v) is 3.46. The minimum atomic E-state index is 0.672. The second-order valence-corrected chi connectivity index (χ2v) is 2.63. The summed E-state index contributed by atoms with van der Waals surface area (Å²) in [5.41, 5.74) is 1.71. The second-order valence-electron chi connectivity index (χ2n) is 2.26. The summed E-state index contributed by atoms with van der Waals surface area (Å²) in [7, 11) is 0. The SMILES string of the molecule is Cc1nc(C)c(Cl)c(C)n1. The number of nitrogens with zero attached hydrogens (tertiary/aromatic N) is 2. The number of hydrogen-bond donors (Lipinski definition) is 0. The molecule has 0 aliphatic carbocycles. The molecule has 0 atom stereocenters. The van der Waals surface area contributed by atoms with Crippen LogP contribution in [0.4, 0.5) is 0 Å². The summed E-state index contributed by atoms with van der Waals surface area (Å²) in [6.45, 7) is 5.62. The van der Waals surface area contributed by atoms with Gasteiger partial charge in [0.05, 0.1) is 16.4 Å². The van der Waals surface area contributed by atoms with Gasteiger partial charge in [-0.1, -0.05) is 11.6 Å². The van der Waals surface area contributed by atoms with Crippen molar-refractivity contribution in [3.05, 3.63) is 22.2 Å². The molecule has 0 saturated carbocycles. The average Bonchev–Trinajstić information content (AvgIpc) is 1.82. The van der Waals surface area contributed by atoms with Gasteiger partial charge in [-0.25, -0.2) is 9.97 Å². The highest BCUT2D eigenvalue weighted by Crippen LogP contribution is 2.15.